The fraction of sp³-hybridized carbons (Fsp3) is 0.632. The second kappa shape index (κ2) is 4.59. The van der Waals surface area contributed by atoms with Crippen LogP contribution in [0.2, 0.25) is 0 Å². The van der Waals surface area contributed by atoms with E-state index in [1.54, 1.807) is 18.2 Å². The van der Waals surface area contributed by atoms with Gasteiger partial charge in [-0.15, -0.1) is 0 Å². The summed E-state index contributed by atoms with van der Waals surface area (Å²) in [5.41, 5.74) is 2.02. The topological polar surface area (TPSA) is 37.3 Å². The van der Waals surface area contributed by atoms with E-state index in [9.17, 15) is 9.90 Å². The Balaban J connectivity index is 1.57. The van der Waals surface area contributed by atoms with Crippen LogP contribution in [0, 0.1) is 30.1 Å². The molecule has 0 atom stereocenters. The smallest absolute Gasteiger partial charge is 0.163 e. The van der Waals surface area contributed by atoms with Crippen molar-refractivity contribution in [1.29, 1.82) is 0 Å². The number of hydrogen-bond donors (Lipinski definition) is 1. The van der Waals surface area contributed by atoms with E-state index in [4.69, 9.17) is 0 Å². The number of rotatable bonds is 3. The van der Waals surface area contributed by atoms with Gasteiger partial charge in [0.15, 0.2) is 5.78 Å². The van der Waals surface area contributed by atoms with Crippen LogP contribution in [0.1, 0.15) is 60.9 Å². The summed E-state index contributed by atoms with van der Waals surface area (Å²) in [6, 6.07) is 5.14. The van der Waals surface area contributed by atoms with Crippen LogP contribution in [0.4, 0.5) is 0 Å². The Morgan fingerprint density at radius 3 is 2.24 bits per heavy atom. The molecule has 1 N–H and O–H groups in total. The lowest BCUT2D eigenvalue weighted by Crippen LogP contribution is -2.46. The molecule has 0 unspecified atom stereocenters. The first-order chi connectivity index (χ1) is 10.0. The quantitative estimate of drug-likeness (QED) is 0.830. The van der Waals surface area contributed by atoms with Gasteiger partial charge in [0, 0.05) is 12.0 Å². The molecule has 4 bridgehead atoms. The molecule has 0 saturated heterocycles. The molecule has 0 aliphatic heterocycles. The van der Waals surface area contributed by atoms with E-state index < -0.39 is 0 Å². The number of ketones is 1. The second-order valence-electron chi connectivity index (χ2n) is 8.02. The van der Waals surface area contributed by atoms with Crippen molar-refractivity contribution in [1.82, 2.24) is 0 Å². The number of carbonyl (C=O) groups excluding carboxylic acids is 1. The minimum atomic E-state index is 0.249. The lowest BCUT2D eigenvalue weighted by atomic mass is 9.48. The number of carbonyl (C=O) groups is 1. The molecule has 4 aliphatic rings. The van der Waals surface area contributed by atoms with Crippen molar-refractivity contribution in [3.8, 4) is 5.75 Å². The Morgan fingerprint density at radius 1 is 1.14 bits per heavy atom. The molecule has 0 aromatic heterocycles. The largest absolute Gasteiger partial charge is 0.508 e. The highest BCUT2D eigenvalue weighted by atomic mass is 16.3. The van der Waals surface area contributed by atoms with Crippen LogP contribution >= 0.6 is 0 Å². The third-order valence-corrected chi connectivity index (χ3v) is 6.21. The van der Waals surface area contributed by atoms with Gasteiger partial charge in [-0.1, -0.05) is 0 Å². The van der Waals surface area contributed by atoms with Crippen LogP contribution in [0.25, 0.3) is 0 Å². The van der Waals surface area contributed by atoms with Crippen LogP contribution in [0.5, 0.6) is 5.75 Å². The predicted molar refractivity (Wildman–Crippen MR) is 82.4 cm³/mol. The van der Waals surface area contributed by atoms with Crippen LogP contribution in [0.15, 0.2) is 18.2 Å². The lowest BCUT2D eigenvalue weighted by Gasteiger charge is -2.56. The normalized spacial score (nSPS) is 36.9. The number of hydrogen-bond acceptors (Lipinski definition) is 2. The van der Waals surface area contributed by atoms with Gasteiger partial charge in [0.2, 0.25) is 0 Å². The predicted octanol–water partition coefficient (Wildman–Crippen LogP) is 4.49. The highest BCUT2D eigenvalue weighted by molar-refractivity contribution is 5.98. The van der Waals surface area contributed by atoms with E-state index >= 15 is 0 Å². The molecule has 0 amide bonds. The second-order valence-corrected chi connectivity index (χ2v) is 8.02. The minimum Gasteiger partial charge on any atom is -0.508 e. The third-order valence-electron chi connectivity index (χ3n) is 6.21. The molecule has 1 aromatic rings. The Kier molecular flexibility index (Phi) is 2.92. The highest BCUT2D eigenvalue weighted by Gasteiger charge is 2.51. The zero-order valence-corrected chi connectivity index (χ0v) is 12.8. The van der Waals surface area contributed by atoms with E-state index in [1.807, 2.05) is 6.92 Å². The first-order valence-electron chi connectivity index (χ1n) is 8.36. The fourth-order valence-corrected chi connectivity index (χ4v) is 5.90. The molecule has 21 heavy (non-hydrogen) atoms. The minimum absolute atomic E-state index is 0.249. The summed E-state index contributed by atoms with van der Waals surface area (Å²) in [6.07, 6.45) is 8.83. The van der Waals surface area contributed by atoms with Crippen LogP contribution in [0.3, 0.4) is 0 Å². The number of aryl methyl sites for hydroxylation is 1. The van der Waals surface area contributed by atoms with Gasteiger partial charge in [-0.3, -0.25) is 4.79 Å². The molecule has 5 rings (SSSR count). The monoisotopic (exact) mass is 284 g/mol. The van der Waals surface area contributed by atoms with E-state index in [0.29, 0.717) is 5.41 Å². The number of Topliss-reactive ketones (excluding diaryl/α,β-unsaturated/α-hetero) is 1. The summed E-state index contributed by atoms with van der Waals surface area (Å²) in [7, 11) is 0. The van der Waals surface area contributed by atoms with Crippen molar-refractivity contribution in [2.45, 2.75) is 51.9 Å². The average molecular weight is 284 g/mol. The van der Waals surface area contributed by atoms with Crippen molar-refractivity contribution >= 4 is 5.78 Å². The van der Waals surface area contributed by atoms with E-state index in [1.165, 1.54) is 38.5 Å². The number of phenols is 1. The molecule has 0 heterocycles. The van der Waals surface area contributed by atoms with Gasteiger partial charge in [-0.05, 0) is 92.4 Å². The van der Waals surface area contributed by atoms with E-state index in [-0.39, 0.29) is 11.5 Å². The van der Waals surface area contributed by atoms with Gasteiger partial charge in [-0.25, -0.2) is 0 Å². The first kappa shape index (κ1) is 13.4. The average Bonchev–Trinajstić information content (AvgIpc) is 2.35. The number of benzene rings is 1. The summed E-state index contributed by atoms with van der Waals surface area (Å²) in [5, 5.41) is 9.51. The van der Waals surface area contributed by atoms with E-state index in [2.05, 4.69) is 0 Å². The molecule has 0 spiro atoms. The molecular formula is C19H24O2. The maximum atomic E-state index is 12.8. The summed E-state index contributed by atoms with van der Waals surface area (Å²) >= 11 is 0. The molecule has 112 valence electrons. The third kappa shape index (κ3) is 2.29. The summed E-state index contributed by atoms with van der Waals surface area (Å²) in [5.74, 6) is 3.22. The number of phenolic OH excluding ortho intramolecular Hbond substituents is 1. The van der Waals surface area contributed by atoms with Crippen molar-refractivity contribution in [3.05, 3.63) is 29.3 Å². The van der Waals surface area contributed by atoms with Gasteiger partial charge >= 0.3 is 0 Å². The van der Waals surface area contributed by atoms with Crippen LogP contribution in [-0.2, 0) is 0 Å². The summed E-state index contributed by atoms with van der Waals surface area (Å²) < 4.78 is 0. The van der Waals surface area contributed by atoms with Crippen LogP contribution in [-0.4, -0.2) is 10.9 Å². The van der Waals surface area contributed by atoms with Gasteiger partial charge in [-0.2, -0.15) is 0 Å². The molecule has 1 aromatic carbocycles. The van der Waals surface area contributed by atoms with E-state index in [0.717, 1.165) is 35.3 Å². The number of aromatic hydroxyl groups is 1. The van der Waals surface area contributed by atoms with Gasteiger partial charge < -0.3 is 5.11 Å². The van der Waals surface area contributed by atoms with Gasteiger partial charge in [0.1, 0.15) is 5.75 Å². The van der Waals surface area contributed by atoms with Crippen molar-refractivity contribution in [2.75, 3.05) is 0 Å². The van der Waals surface area contributed by atoms with Gasteiger partial charge in [0.25, 0.3) is 0 Å². The van der Waals surface area contributed by atoms with Crippen molar-refractivity contribution in [3.63, 3.8) is 0 Å². The molecular weight excluding hydrogens is 260 g/mol. The molecule has 4 fully saturated rings. The molecule has 4 aliphatic carbocycles. The lowest BCUT2D eigenvalue weighted by molar-refractivity contribution is -0.0524. The summed E-state index contributed by atoms with van der Waals surface area (Å²) in [6.45, 7) is 1.92. The van der Waals surface area contributed by atoms with Crippen molar-refractivity contribution < 1.29 is 9.90 Å². The Labute approximate surface area is 126 Å². The SMILES string of the molecule is Cc1cc(O)ccc1C(=O)CC12CC3CC(CC(C3)C1)C2. The van der Waals surface area contributed by atoms with Crippen LogP contribution < -0.4 is 0 Å². The zero-order valence-electron chi connectivity index (χ0n) is 12.8. The Hall–Kier alpha value is -1.31. The zero-order chi connectivity index (χ0) is 14.6. The molecule has 4 saturated carbocycles. The first-order valence-corrected chi connectivity index (χ1v) is 8.36. The standard InChI is InChI=1S/C19H24O2/c1-12-4-16(20)2-3-17(12)18(21)11-19-8-13-5-14(9-19)7-15(6-13)10-19/h2-4,13-15,20H,5-11H2,1H3. The molecule has 2 nitrogen and oxygen atoms in total. The molecule has 2 heteroatoms. The fourth-order valence-electron chi connectivity index (χ4n) is 5.90. The van der Waals surface area contributed by atoms with Crippen molar-refractivity contribution in [2.24, 2.45) is 23.2 Å². The Bertz CT molecular complexity index is 552. The maximum Gasteiger partial charge on any atom is 0.163 e. The highest BCUT2D eigenvalue weighted by Crippen LogP contribution is 2.61. The summed E-state index contributed by atoms with van der Waals surface area (Å²) in [4.78, 5) is 12.8. The Morgan fingerprint density at radius 2 is 1.71 bits per heavy atom. The molecule has 0 radical (unpaired) electrons. The maximum absolute atomic E-state index is 12.8. The van der Waals surface area contributed by atoms with Gasteiger partial charge in [0.05, 0.1) is 0 Å².